The highest BCUT2D eigenvalue weighted by molar-refractivity contribution is 6.35. The molecule has 3 aliphatic rings. The summed E-state index contributed by atoms with van der Waals surface area (Å²) in [5.41, 5.74) is 4.98. The summed E-state index contributed by atoms with van der Waals surface area (Å²) in [6.45, 7) is 3.74. The molecule has 0 bridgehead atoms. The number of nitriles is 2. The third-order valence-corrected chi connectivity index (χ3v) is 11.4. The molecule has 0 unspecified atom stereocenters. The second-order valence-corrected chi connectivity index (χ2v) is 15.5. The summed E-state index contributed by atoms with van der Waals surface area (Å²) in [5, 5.41) is 26.0. The van der Waals surface area contributed by atoms with Crippen LogP contribution in [0.25, 0.3) is 11.1 Å². The molecule has 13 heteroatoms. The number of likely N-dealkylation sites (tertiary alicyclic amines) is 1. The molecule has 296 valence electrons. The molecule has 7 rings (SSSR count). The predicted molar refractivity (Wildman–Crippen MR) is 214 cm³/mol. The topological polar surface area (TPSA) is 120 Å². The van der Waals surface area contributed by atoms with Gasteiger partial charge >= 0.3 is 0 Å². The molecule has 1 aliphatic carbocycles. The first-order valence-electron chi connectivity index (χ1n) is 19.3. The van der Waals surface area contributed by atoms with E-state index in [1.54, 1.807) is 24.3 Å². The van der Waals surface area contributed by atoms with E-state index in [2.05, 4.69) is 27.7 Å². The Hall–Kier alpha value is -4.91. The Kier molecular flexibility index (Phi) is 13.1. The number of nitrogens with zero attached hydrogens (tertiary/aromatic N) is 3. The monoisotopic (exact) mass is 813 g/mol. The van der Waals surface area contributed by atoms with Crippen LogP contribution in [0.2, 0.25) is 10.0 Å². The third kappa shape index (κ3) is 9.80. The number of halogens is 4. The summed E-state index contributed by atoms with van der Waals surface area (Å²) < 4.78 is 48.4. The van der Waals surface area contributed by atoms with E-state index in [0.717, 1.165) is 49.2 Å². The largest absolute Gasteiger partial charge is 0.492 e. The van der Waals surface area contributed by atoms with Gasteiger partial charge in [0.1, 0.15) is 36.2 Å². The number of ether oxygens (including phenoxy) is 3. The second-order valence-electron chi connectivity index (χ2n) is 14.7. The van der Waals surface area contributed by atoms with Crippen LogP contribution in [-0.4, -0.2) is 62.0 Å². The lowest BCUT2D eigenvalue weighted by Gasteiger charge is -2.28. The lowest BCUT2D eigenvalue weighted by molar-refractivity contribution is -0.119. The zero-order valence-electron chi connectivity index (χ0n) is 31.3. The van der Waals surface area contributed by atoms with Crippen molar-refractivity contribution in [2.24, 2.45) is 0 Å². The minimum Gasteiger partial charge on any atom is -0.492 e. The Morgan fingerprint density at radius 3 is 2.39 bits per heavy atom. The third-order valence-electron chi connectivity index (χ3n) is 10.7. The van der Waals surface area contributed by atoms with Gasteiger partial charge in [0.25, 0.3) is 0 Å². The summed E-state index contributed by atoms with van der Waals surface area (Å²) in [6.07, 6.45) is 0.205. The van der Waals surface area contributed by atoms with Crippen molar-refractivity contribution >= 4 is 29.1 Å². The van der Waals surface area contributed by atoms with Crippen molar-refractivity contribution in [3.05, 3.63) is 110 Å². The lowest BCUT2D eigenvalue weighted by atomic mass is 9.96. The number of hydrogen-bond acceptors (Lipinski definition) is 8. The predicted octanol–water partition coefficient (Wildman–Crippen LogP) is 8.57. The summed E-state index contributed by atoms with van der Waals surface area (Å²) >= 11 is 13.8. The summed E-state index contributed by atoms with van der Waals surface area (Å²) in [4.78, 5) is 14.0. The fourth-order valence-electron chi connectivity index (χ4n) is 7.76. The van der Waals surface area contributed by atoms with Crippen LogP contribution in [0, 0.1) is 22.7 Å². The van der Waals surface area contributed by atoms with Gasteiger partial charge in [0.2, 0.25) is 5.91 Å². The van der Waals surface area contributed by atoms with Gasteiger partial charge in [-0.3, -0.25) is 4.79 Å². The summed E-state index contributed by atoms with van der Waals surface area (Å²) in [7, 11) is 0. The second kappa shape index (κ2) is 18.6. The van der Waals surface area contributed by atoms with Gasteiger partial charge in [-0.05, 0) is 78.3 Å². The Morgan fingerprint density at radius 2 is 1.65 bits per heavy atom. The van der Waals surface area contributed by atoms with Crippen LogP contribution >= 0.6 is 23.2 Å². The van der Waals surface area contributed by atoms with Crippen LogP contribution in [0.1, 0.15) is 71.6 Å². The van der Waals surface area contributed by atoms with Gasteiger partial charge in [-0.25, -0.2) is 8.78 Å². The first-order chi connectivity index (χ1) is 27.7. The van der Waals surface area contributed by atoms with Crippen molar-refractivity contribution in [1.29, 1.82) is 10.5 Å². The molecule has 57 heavy (non-hydrogen) atoms. The van der Waals surface area contributed by atoms with Gasteiger partial charge < -0.3 is 29.7 Å². The molecule has 3 atom stereocenters. The highest BCUT2D eigenvalue weighted by Gasteiger charge is 2.37. The van der Waals surface area contributed by atoms with E-state index in [0.29, 0.717) is 83.3 Å². The van der Waals surface area contributed by atoms with E-state index in [-0.39, 0.29) is 35.7 Å². The maximum Gasteiger partial charge on any atom is 0.220 e. The van der Waals surface area contributed by atoms with Crippen molar-refractivity contribution in [2.45, 2.75) is 76.2 Å². The number of carbonyl (C=O) groups excluding carboxylic acids is 1. The quantitative estimate of drug-likeness (QED) is 0.115. The maximum absolute atomic E-state index is 16.1. The zero-order chi connectivity index (χ0) is 39.9. The molecule has 1 amide bonds. The normalized spacial score (nSPS) is 19.4. The number of piperidine rings is 1. The van der Waals surface area contributed by atoms with Crippen molar-refractivity contribution in [3.8, 4) is 40.5 Å². The van der Waals surface area contributed by atoms with Crippen molar-refractivity contribution in [2.75, 3.05) is 32.8 Å². The van der Waals surface area contributed by atoms with Crippen LogP contribution in [0.3, 0.4) is 0 Å². The average molecular weight is 815 g/mol. The molecule has 2 N–H and O–H groups in total. The average Bonchev–Trinajstić information content (AvgIpc) is 3.78. The molecule has 2 fully saturated rings. The van der Waals surface area contributed by atoms with E-state index < -0.39 is 18.4 Å². The van der Waals surface area contributed by atoms with E-state index in [9.17, 15) is 19.7 Å². The Bertz CT molecular complexity index is 2150. The minimum absolute atomic E-state index is 0.0138. The number of benzene rings is 4. The molecule has 4 aromatic rings. The molecule has 2 aliphatic heterocycles. The summed E-state index contributed by atoms with van der Waals surface area (Å²) in [5.74, 6) is 1.23. The van der Waals surface area contributed by atoms with Gasteiger partial charge in [0.15, 0.2) is 6.10 Å². The van der Waals surface area contributed by atoms with Gasteiger partial charge in [-0.2, -0.15) is 10.5 Å². The highest BCUT2D eigenvalue weighted by atomic mass is 35.5. The number of rotatable bonds is 15. The minimum atomic E-state index is -1.39. The first kappa shape index (κ1) is 40.3. The Balaban J connectivity index is 1.09. The number of fused-ring (bicyclic) bond motifs is 1. The van der Waals surface area contributed by atoms with Crippen LogP contribution in [-0.2, 0) is 24.4 Å². The molecule has 0 spiro atoms. The smallest absolute Gasteiger partial charge is 0.220 e. The van der Waals surface area contributed by atoms with Gasteiger partial charge in [-0.1, -0.05) is 53.5 Å². The van der Waals surface area contributed by atoms with Crippen LogP contribution in [0.15, 0.2) is 66.7 Å². The molecular formula is C44H43Cl2F2N5O4. The van der Waals surface area contributed by atoms with Gasteiger partial charge in [-0.15, -0.1) is 0 Å². The van der Waals surface area contributed by atoms with Crippen molar-refractivity contribution in [3.63, 3.8) is 0 Å². The lowest BCUT2D eigenvalue weighted by Crippen LogP contribution is -2.35. The number of amides is 1. The Morgan fingerprint density at radius 1 is 0.895 bits per heavy atom. The van der Waals surface area contributed by atoms with Crippen molar-refractivity contribution < 1.29 is 27.8 Å². The fourth-order valence-corrected chi connectivity index (χ4v) is 8.28. The molecule has 9 nitrogen and oxygen atoms in total. The van der Waals surface area contributed by atoms with Crippen LogP contribution < -0.4 is 24.8 Å². The molecular weight excluding hydrogens is 771 g/mol. The summed E-state index contributed by atoms with van der Waals surface area (Å²) in [6, 6.07) is 23.6. The van der Waals surface area contributed by atoms with E-state index >= 15 is 4.39 Å². The molecule has 0 radical (unpaired) electrons. The van der Waals surface area contributed by atoms with Gasteiger partial charge in [0, 0.05) is 68.8 Å². The first-order valence-corrected chi connectivity index (χ1v) is 20.0. The standard InChI is InChI=1S/C44H43Cl2F2N5O4/c45-37-19-30(24-51-25-32-8-9-42(54)52-32)40(56-26-29-17-27(22-49)16-28(18-29)23-50)21-41(37)57-44-35-6-1-4-33(36(35)20-38(44)48)34-5-2-7-39(43(34)46)55-15-3-12-53-13-10-31(47)11-14-53/h1-2,4-7,16-19,21,31-32,38,44,51H,3,8-15,20,24-26H2,(H,52,54)/t32-,38-,44-/m1/s1. The molecule has 0 saturated carbocycles. The number of alkyl halides is 2. The number of carbonyl (C=O) groups is 1. The molecule has 2 heterocycles. The van der Waals surface area contributed by atoms with Crippen LogP contribution in [0.4, 0.5) is 8.78 Å². The number of nitrogens with one attached hydrogen (secondary N) is 2. The molecule has 0 aromatic heterocycles. The SMILES string of the molecule is N#Cc1cc(C#N)cc(COc2cc(O[C@@H]3c4cccc(-c5cccc(OCCCN6CCC(F)CC6)c5Cl)c4C[C@H]3F)c(Cl)cc2CNC[C@H]2CCC(=O)N2)c1. The zero-order valence-corrected chi connectivity index (χ0v) is 32.9. The molecule has 4 aromatic carbocycles. The van der Waals surface area contributed by atoms with Crippen LogP contribution in [0.5, 0.6) is 17.2 Å². The van der Waals surface area contributed by atoms with Crippen molar-refractivity contribution in [1.82, 2.24) is 15.5 Å². The van der Waals surface area contributed by atoms with E-state index in [1.165, 1.54) is 6.07 Å². The number of hydrogen-bond donors (Lipinski definition) is 2. The maximum atomic E-state index is 16.1. The molecule has 2 saturated heterocycles. The fraction of sp³-hybridized carbons (Fsp3) is 0.386. The Labute approximate surface area is 341 Å². The van der Waals surface area contributed by atoms with E-state index in [1.807, 2.05) is 36.4 Å². The van der Waals surface area contributed by atoms with E-state index in [4.69, 9.17) is 37.4 Å². The highest BCUT2D eigenvalue weighted by Crippen LogP contribution is 2.46. The van der Waals surface area contributed by atoms with Gasteiger partial charge in [0.05, 0.1) is 39.9 Å².